The SMILES string of the molecule is CSC(C)(C#N)CCC(=O)O. The molecule has 1 N–H and O–H groups in total. The molecule has 11 heavy (non-hydrogen) atoms. The van der Waals surface area contributed by atoms with Gasteiger partial charge in [0.25, 0.3) is 0 Å². The first-order valence-electron chi connectivity index (χ1n) is 3.22. The summed E-state index contributed by atoms with van der Waals surface area (Å²) in [7, 11) is 0. The molecule has 0 rings (SSSR count). The van der Waals surface area contributed by atoms with E-state index in [1.807, 2.05) is 6.26 Å². The van der Waals surface area contributed by atoms with Gasteiger partial charge in [0.15, 0.2) is 0 Å². The fourth-order valence-electron chi connectivity index (χ4n) is 0.549. The van der Waals surface area contributed by atoms with Crippen LogP contribution in [0.5, 0.6) is 0 Å². The van der Waals surface area contributed by atoms with E-state index in [2.05, 4.69) is 6.07 Å². The highest BCUT2D eigenvalue weighted by Crippen LogP contribution is 2.26. The number of carboxylic acid groups (broad SMARTS) is 1. The molecule has 1 atom stereocenters. The van der Waals surface area contributed by atoms with E-state index in [0.717, 1.165) is 0 Å². The van der Waals surface area contributed by atoms with Gasteiger partial charge in [-0.05, 0) is 19.6 Å². The topological polar surface area (TPSA) is 61.1 Å². The standard InChI is InChI=1S/C7H11NO2S/c1-7(5-8,11-2)4-3-6(9)10/h3-4H2,1-2H3,(H,9,10). The molecule has 0 bridgehead atoms. The second-order valence-corrected chi connectivity index (χ2v) is 3.75. The first kappa shape index (κ1) is 10.3. The van der Waals surface area contributed by atoms with Crippen LogP contribution in [0, 0.1) is 11.3 Å². The lowest BCUT2D eigenvalue weighted by Gasteiger charge is -2.16. The molecule has 0 fully saturated rings. The Hall–Kier alpha value is -0.690. The third-order valence-corrected chi connectivity index (χ3v) is 2.70. The normalized spacial score (nSPS) is 15.0. The lowest BCUT2D eigenvalue weighted by Crippen LogP contribution is -2.18. The first-order chi connectivity index (χ1) is 5.04. The molecule has 0 aliphatic heterocycles. The predicted octanol–water partition coefficient (Wildman–Crippen LogP) is 1.50. The summed E-state index contributed by atoms with van der Waals surface area (Å²) in [5.74, 6) is -0.847. The number of nitriles is 1. The second-order valence-electron chi connectivity index (χ2n) is 2.44. The highest BCUT2D eigenvalue weighted by atomic mass is 32.2. The van der Waals surface area contributed by atoms with Crippen LogP contribution in [-0.2, 0) is 4.79 Å². The van der Waals surface area contributed by atoms with Crippen molar-refractivity contribution in [2.24, 2.45) is 0 Å². The van der Waals surface area contributed by atoms with Crippen LogP contribution >= 0.6 is 11.8 Å². The number of aliphatic carboxylic acids is 1. The Morgan fingerprint density at radius 2 is 2.36 bits per heavy atom. The summed E-state index contributed by atoms with van der Waals surface area (Å²) in [6.07, 6.45) is 2.27. The highest BCUT2D eigenvalue weighted by Gasteiger charge is 2.22. The van der Waals surface area contributed by atoms with E-state index < -0.39 is 10.7 Å². The third kappa shape index (κ3) is 3.89. The molecule has 0 aromatic rings. The minimum Gasteiger partial charge on any atom is -0.481 e. The molecule has 0 aromatic carbocycles. The van der Waals surface area contributed by atoms with Crippen LogP contribution in [0.3, 0.4) is 0 Å². The number of nitrogens with zero attached hydrogens (tertiary/aromatic N) is 1. The van der Waals surface area contributed by atoms with Gasteiger partial charge in [0.1, 0.15) is 0 Å². The first-order valence-corrected chi connectivity index (χ1v) is 4.45. The van der Waals surface area contributed by atoms with Crippen molar-refractivity contribution < 1.29 is 9.90 Å². The molecule has 0 saturated heterocycles. The average Bonchev–Trinajstić information content (AvgIpc) is 2.00. The maximum atomic E-state index is 10.2. The molecule has 4 heteroatoms. The Bertz CT molecular complexity index is 187. The van der Waals surface area contributed by atoms with Gasteiger partial charge in [0.05, 0.1) is 10.8 Å². The van der Waals surface area contributed by atoms with Crippen LogP contribution in [0.25, 0.3) is 0 Å². The van der Waals surface area contributed by atoms with Gasteiger partial charge in [0.2, 0.25) is 0 Å². The third-order valence-electron chi connectivity index (χ3n) is 1.50. The van der Waals surface area contributed by atoms with Crippen LogP contribution < -0.4 is 0 Å². The summed E-state index contributed by atoms with van der Waals surface area (Å²) in [6, 6.07) is 2.08. The van der Waals surface area contributed by atoms with Crippen LogP contribution in [-0.4, -0.2) is 22.1 Å². The average molecular weight is 173 g/mol. The lowest BCUT2D eigenvalue weighted by atomic mass is 10.1. The summed E-state index contributed by atoms with van der Waals surface area (Å²) in [5.41, 5.74) is 0. The van der Waals surface area contributed by atoms with Gasteiger partial charge in [-0.3, -0.25) is 4.79 Å². The molecule has 62 valence electrons. The number of hydrogen-bond donors (Lipinski definition) is 1. The second kappa shape index (κ2) is 4.24. The molecular weight excluding hydrogens is 162 g/mol. The molecule has 0 heterocycles. The summed E-state index contributed by atoms with van der Waals surface area (Å²) >= 11 is 1.39. The summed E-state index contributed by atoms with van der Waals surface area (Å²) in [4.78, 5) is 10.2. The van der Waals surface area contributed by atoms with Crippen LogP contribution in [0.4, 0.5) is 0 Å². The van der Waals surface area contributed by atoms with E-state index in [1.165, 1.54) is 11.8 Å². The van der Waals surface area contributed by atoms with Crippen molar-refractivity contribution in [2.45, 2.75) is 24.5 Å². The van der Waals surface area contributed by atoms with Crippen molar-refractivity contribution >= 4 is 17.7 Å². The number of thioether (sulfide) groups is 1. The van der Waals surface area contributed by atoms with Gasteiger partial charge in [-0.25, -0.2) is 0 Å². The van der Waals surface area contributed by atoms with Crippen molar-refractivity contribution in [3.8, 4) is 6.07 Å². The molecule has 0 amide bonds. The van der Waals surface area contributed by atoms with Crippen molar-refractivity contribution in [1.82, 2.24) is 0 Å². The number of rotatable bonds is 4. The van der Waals surface area contributed by atoms with E-state index in [1.54, 1.807) is 6.92 Å². The zero-order valence-corrected chi connectivity index (χ0v) is 7.44. The molecule has 0 spiro atoms. The van der Waals surface area contributed by atoms with Crippen LogP contribution in [0.15, 0.2) is 0 Å². The van der Waals surface area contributed by atoms with E-state index in [-0.39, 0.29) is 6.42 Å². The fraction of sp³-hybridized carbons (Fsp3) is 0.714. The molecule has 0 aliphatic carbocycles. The fourth-order valence-corrected chi connectivity index (χ4v) is 0.947. The summed E-state index contributed by atoms with van der Waals surface area (Å²) < 4.78 is -0.543. The number of hydrogen-bond acceptors (Lipinski definition) is 3. The van der Waals surface area contributed by atoms with Crippen molar-refractivity contribution in [3.63, 3.8) is 0 Å². The minimum absolute atomic E-state index is 0.0604. The van der Waals surface area contributed by atoms with Gasteiger partial charge >= 0.3 is 5.97 Å². The number of carboxylic acids is 1. The molecule has 0 aromatic heterocycles. The van der Waals surface area contributed by atoms with E-state index >= 15 is 0 Å². The minimum atomic E-state index is -0.847. The Balaban J connectivity index is 3.91. The van der Waals surface area contributed by atoms with Crippen LogP contribution in [0.1, 0.15) is 19.8 Å². The Labute approximate surface area is 70.4 Å². The largest absolute Gasteiger partial charge is 0.481 e. The van der Waals surface area contributed by atoms with E-state index in [4.69, 9.17) is 10.4 Å². The monoisotopic (exact) mass is 173 g/mol. The zero-order valence-electron chi connectivity index (χ0n) is 6.63. The van der Waals surface area contributed by atoms with Gasteiger partial charge in [-0.15, -0.1) is 11.8 Å². The van der Waals surface area contributed by atoms with Crippen molar-refractivity contribution in [1.29, 1.82) is 5.26 Å². The van der Waals surface area contributed by atoms with Crippen molar-refractivity contribution in [3.05, 3.63) is 0 Å². The van der Waals surface area contributed by atoms with Crippen molar-refractivity contribution in [2.75, 3.05) is 6.26 Å². The van der Waals surface area contributed by atoms with Crippen LogP contribution in [0.2, 0.25) is 0 Å². The van der Waals surface area contributed by atoms with E-state index in [9.17, 15) is 4.79 Å². The van der Waals surface area contributed by atoms with Gasteiger partial charge in [-0.2, -0.15) is 5.26 Å². The van der Waals surface area contributed by atoms with E-state index in [0.29, 0.717) is 6.42 Å². The smallest absolute Gasteiger partial charge is 0.303 e. The molecule has 0 saturated carbocycles. The summed E-state index contributed by atoms with van der Waals surface area (Å²) in [6.45, 7) is 1.75. The van der Waals surface area contributed by atoms with Gasteiger partial charge in [0, 0.05) is 6.42 Å². The lowest BCUT2D eigenvalue weighted by molar-refractivity contribution is -0.137. The maximum absolute atomic E-state index is 10.2. The zero-order chi connectivity index (χ0) is 8.91. The Kier molecular flexibility index (Phi) is 3.98. The summed E-state index contributed by atoms with van der Waals surface area (Å²) in [5, 5.41) is 17.0. The van der Waals surface area contributed by atoms with Gasteiger partial charge in [-0.1, -0.05) is 0 Å². The Morgan fingerprint density at radius 3 is 2.64 bits per heavy atom. The predicted molar refractivity (Wildman–Crippen MR) is 44.4 cm³/mol. The molecule has 0 aliphatic rings. The van der Waals surface area contributed by atoms with Gasteiger partial charge < -0.3 is 5.11 Å². The molecule has 3 nitrogen and oxygen atoms in total. The Morgan fingerprint density at radius 1 is 1.82 bits per heavy atom. The maximum Gasteiger partial charge on any atom is 0.303 e. The number of carbonyl (C=O) groups is 1. The quantitative estimate of drug-likeness (QED) is 0.699. The molecule has 0 radical (unpaired) electrons. The molecule has 1 unspecified atom stereocenters. The highest BCUT2D eigenvalue weighted by molar-refractivity contribution is 8.00. The molecular formula is C7H11NO2S.